The van der Waals surface area contributed by atoms with E-state index in [9.17, 15) is 4.79 Å². The van der Waals surface area contributed by atoms with Crippen molar-refractivity contribution >= 4 is 5.91 Å². The van der Waals surface area contributed by atoms with Crippen LogP contribution in [0, 0.1) is 11.3 Å². The SMILES string of the molecule is CCC(C)C1NC(CC)N(CC2(C)CC2)C1=O. The van der Waals surface area contributed by atoms with Crippen molar-refractivity contribution in [1.29, 1.82) is 0 Å². The second kappa shape index (κ2) is 4.60. The number of amides is 1. The number of nitrogens with one attached hydrogen (secondary N) is 1. The predicted octanol–water partition coefficient (Wildman–Crippen LogP) is 2.37. The van der Waals surface area contributed by atoms with Crippen molar-refractivity contribution in [1.82, 2.24) is 10.2 Å². The number of rotatable bonds is 5. The molecule has 2 fully saturated rings. The van der Waals surface area contributed by atoms with Crippen LogP contribution in [-0.2, 0) is 4.79 Å². The molecule has 0 aromatic heterocycles. The van der Waals surface area contributed by atoms with Crippen LogP contribution in [0.5, 0.6) is 0 Å². The van der Waals surface area contributed by atoms with Crippen LogP contribution in [0.3, 0.4) is 0 Å². The second-order valence-corrected chi connectivity index (χ2v) is 6.23. The summed E-state index contributed by atoms with van der Waals surface area (Å²) in [6, 6.07) is 0.0484. The molecule has 1 amide bonds. The van der Waals surface area contributed by atoms with E-state index in [4.69, 9.17) is 0 Å². The summed E-state index contributed by atoms with van der Waals surface area (Å²) < 4.78 is 0. The lowest BCUT2D eigenvalue weighted by molar-refractivity contribution is -0.131. The first-order valence-electron chi connectivity index (χ1n) is 7.07. The Hall–Kier alpha value is -0.570. The number of carbonyl (C=O) groups is 1. The van der Waals surface area contributed by atoms with Gasteiger partial charge in [-0.1, -0.05) is 34.1 Å². The number of hydrogen-bond donors (Lipinski definition) is 1. The van der Waals surface area contributed by atoms with E-state index >= 15 is 0 Å². The van der Waals surface area contributed by atoms with E-state index < -0.39 is 0 Å². The number of carbonyl (C=O) groups excluding carboxylic acids is 1. The molecule has 1 N–H and O–H groups in total. The Balaban J connectivity index is 2.05. The van der Waals surface area contributed by atoms with Crippen LogP contribution in [0.2, 0.25) is 0 Å². The molecule has 1 aliphatic carbocycles. The largest absolute Gasteiger partial charge is 0.325 e. The molecular weight excluding hydrogens is 212 g/mol. The van der Waals surface area contributed by atoms with Gasteiger partial charge in [-0.3, -0.25) is 10.1 Å². The van der Waals surface area contributed by atoms with Gasteiger partial charge in [0.1, 0.15) is 0 Å². The summed E-state index contributed by atoms with van der Waals surface area (Å²) in [6.45, 7) is 9.73. The predicted molar refractivity (Wildman–Crippen MR) is 69.5 cm³/mol. The molecule has 3 atom stereocenters. The standard InChI is InChI=1S/C14H26N2O/c1-5-10(3)12-13(17)16(11(6-2)15-12)9-14(4)7-8-14/h10-12,15H,5-9H2,1-4H3. The molecule has 1 aliphatic heterocycles. The molecule has 17 heavy (non-hydrogen) atoms. The first kappa shape index (κ1) is 12.9. The summed E-state index contributed by atoms with van der Waals surface area (Å²) in [5, 5.41) is 3.52. The van der Waals surface area contributed by atoms with Gasteiger partial charge in [0, 0.05) is 6.54 Å². The Morgan fingerprint density at radius 2 is 2.12 bits per heavy atom. The summed E-state index contributed by atoms with van der Waals surface area (Å²) in [5.41, 5.74) is 0.412. The van der Waals surface area contributed by atoms with Gasteiger partial charge in [0.05, 0.1) is 12.2 Å². The maximum atomic E-state index is 12.4. The van der Waals surface area contributed by atoms with Crippen LogP contribution >= 0.6 is 0 Å². The highest BCUT2D eigenvalue weighted by Gasteiger charge is 2.46. The van der Waals surface area contributed by atoms with E-state index in [0.717, 1.165) is 19.4 Å². The van der Waals surface area contributed by atoms with E-state index in [1.54, 1.807) is 0 Å². The molecule has 98 valence electrons. The quantitative estimate of drug-likeness (QED) is 0.797. The highest BCUT2D eigenvalue weighted by Crippen LogP contribution is 2.46. The van der Waals surface area contributed by atoms with Crippen molar-refractivity contribution in [3.05, 3.63) is 0 Å². The van der Waals surface area contributed by atoms with Crippen LogP contribution in [-0.4, -0.2) is 29.6 Å². The summed E-state index contributed by atoms with van der Waals surface area (Å²) in [4.78, 5) is 14.5. The molecule has 1 saturated carbocycles. The van der Waals surface area contributed by atoms with E-state index in [-0.39, 0.29) is 12.2 Å². The number of hydrogen-bond acceptors (Lipinski definition) is 2. The normalized spacial score (nSPS) is 32.9. The molecule has 3 heteroatoms. The Morgan fingerprint density at radius 1 is 1.47 bits per heavy atom. The van der Waals surface area contributed by atoms with E-state index in [1.807, 2.05) is 0 Å². The van der Waals surface area contributed by atoms with Gasteiger partial charge < -0.3 is 4.90 Å². The highest BCUT2D eigenvalue weighted by molar-refractivity contribution is 5.84. The summed E-state index contributed by atoms with van der Waals surface area (Å²) in [7, 11) is 0. The Morgan fingerprint density at radius 3 is 2.59 bits per heavy atom. The fourth-order valence-corrected chi connectivity index (χ4v) is 2.65. The molecule has 3 nitrogen and oxygen atoms in total. The topological polar surface area (TPSA) is 32.3 Å². The lowest BCUT2D eigenvalue weighted by atomic mass is 9.99. The maximum Gasteiger partial charge on any atom is 0.241 e. The van der Waals surface area contributed by atoms with E-state index in [0.29, 0.717) is 17.2 Å². The molecular formula is C14H26N2O. The molecule has 3 unspecified atom stereocenters. The summed E-state index contributed by atoms with van der Waals surface area (Å²) >= 11 is 0. The van der Waals surface area contributed by atoms with E-state index in [2.05, 4.69) is 37.9 Å². The van der Waals surface area contributed by atoms with Crippen molar-refractivity contribution in [3.63, 3.8) is 0 Å². The molecule has 0 aromatic rings. The highest BCUT2D eigenvalue weighted by atomic mass is 16.2. The van der Waals surface area contributed by atoms with Gasteiger partial charge in [-0.15, -0.1) is 0 Å². The Bertz CT molecular complexity index is 299. The summed E-state index contributed by atoms with van der Waals surface area (Å²) in [6.07, 6.45) is 4.89. The third-order valence-electron chi connectivity index (χ3n) is 4.55. The van der Waals surface area contributed by atoms with Gasteiger partial charge in [-0.2, -0.15) is 0 Å². The van der Waals surface area contributed by atoms with Crippen molar-refractivity contribution in [3.8, 4) is 0 Å². The summed E-state index contributed by atoms with van der Waals surface area (Å²) in [5.74, 6) is 0.771. The van der Waals surface area contributed by atoms with Gasteiger partial charge in [0.2, 0.25) is 5.91 Å². The molecule has 0 bridgehead atoms. The third kappa shape index (κ3) is 2.49. The Labute approximate surface area is 105 Å². The molecule has 1 saturated heterocycles. The third-order valence-corrected chi connectivity index (χ3v) is 4.55. The molecule has 0 radical (unpaired) electrons. The minimum Gasteiger partial charge on any atom is -0.325 e. The van der Waals surface area contributed by atoms with Crippen LogP contribution in [0.25, 0.3) is 0 Å². The van der Waals surface area contributed by atoms with Crippen LogP contribution in [0.4, 0.5) is 0 Å². The molecule has 0 aromatic carbocycles. The Kier molecular flexibility index (Phi) is 3.48. The smallest absolute Gasteiger partial charge is 0.241 e. The zero-order valence-electron chi connectivity index (χ0n) is 11.6. The molecule has 2 rings (SSSR count). The average molecular weight is 238 g/mol. The maximum absolute atomic E-state index is 12.4. The zero-order chi connectivity index (χ0) is 12.6. The minimum absolute atomic E-state index is 0.0484. The second-order valence-electron chi connectivity index (χ2n) is 6.23. The van der Waals surface area contributed by atoms with Gasteiger partial charge in [-0.05, 0) is 30.6 Å². The van der Waals surface area contributed by atoms with Crippen molar-refractivity contribution in [2.45, 2.75) is 65.6 Å². The van der Waals surface area contributed by atoms with Gasteiger partial charge in [0.25, 0.3) is 0 Å². The van der Waals surface area contributed by atoms with Gasteiger partial charge >= 0.3 is 0 Å². The fraction of sp³-hybridized carbons (Fsp3) is 0.929. The van der Waals surface area contributed by atoms with Crippen LogP contribution in [0.15, 0.2) is 0 Å². The van der Waals surface area contributed by atoms with Gasteiger partial charge in [0.15, 0.2) is 0 Å². The molecule has 0 spiro atoms. The lowest BCUT2D eigenvalue weighted by Crippen LogP contribution is -2.40. The minimum atomic E-state index is 0.0484. The number of nitrogens with zero attached hydrogens (tertiary/aromatic N) is 1. The lowest BCUT2D eigenvalue weighted by Gasteiger charge is -2.26. The van der Waals surface area contributed by atoms with Gasteiger partial charge in [-0.25, -0.2) is 0 Å². The van der Waals surface area contributed by atoms with Crippen molar-refractivity contribution in [2.24, 2.45) is 11.3 Å². The van der Waals surface area contributed by atoms with Crippen LogP contribution < -0.4 is 5.32 Å². The molecule has 2 aliphatic rings. The molecule has 1 heterocycles. The van der Waals surface area contributed by atoms with Crippen molar-refractivity contribution < 1.29 is 4.79 Å². The first-order chi connectivity index (χ1) is 8.00. The monoisotopic (exact) mass is 238 g/mol. The van der Waals surface area contributed by atoms with E-state index in [1.165, 1.54) is 12.8 Å². The fourth-order valence-electron chi connectivity index (χ4n) is 2.65. The average Bonchev–Trinajstić information content (AvgIpc) is 2.96. The first-order valence-corrected chi connectivity index (χ1v) is 7.07. The van der Waals surface area contributed by atoms with Crippen molar-refractivity contribution in [2.75, 3.05) is 6.54 Å². The zero-order valence-corrected chi connectivity index (χ0v) is 11.6. The van der Waals surface area contributed by atoms with Crippen LogP contribution in [0.1, 0.15) is 53.4 Å².